The molecular formula is C16H24NO15S2-3. The number of carbonyl (C=O) groups is 2. The van der Waals surface area contributed by atoms with Crippen molar-refractivity contribution >= 4 is 32.9 Å². The Bertz CT molecular complexity index is 940. The number of aliphatic hydroxyl groups excluding tert-OH is 3. The largest absolute Gasteiger partial charge is 0.748 e. The van der Waals surface area contributed by atoms with Gasteiger partial charge in [-0.3, -0.25) is 4.79 Å². The van der Waals surface area contributed by atoms with Crippen molar-refractivity contribution in [2.75, 3.05) is 12.9 Å². The lowest BCUT2D eigenvalue weighted by atomic mass is 9.78. The van der Waals surface area contributed by atoms with Crippen molar-refractivity contribution in [2.45, 2.75) is 61.6 Å². The Morgan fingerprint density at radius 1 is 1.03 bits per heavy atom. The molecule has 34 heavy (non-hydrogen) atoms. The van der Waals surface area contributed by atoms with E-state index in [1.165, 1.54) is 4.72 Å². The normalized spacial score (nSPS) is 39.4. The van der Waals surface area contributed by atoms with Crippen LogP contribution in [0.1, 0.15) is 12.8 Å². The maximum atomic E-state index is 11.7. The Morgan fingerprint density at radius 3 is 2.12 bits per heavy atom. The number of hydrogen-bond donors (Lipinski definition) is 4. The van der Waals surface area contributed by atoms with Gasteiger partial charge in [0.25, 0.3) is 6.47 Å². The van der Waals surface area contributed by atoms with Gasteiger partial charge in [0, 0.05) is 30.7 Å². The van der Waals surface area contributed by atoms with E-state index >= 15 is 0 Å². The predicted octanol–water partition coefficient (Wildman–Crippen LogP) is -5.87. The quantitative estimate of drug-likeness (QED) is 0.150. The molecule has 0 aliphatic heterocycles. The van der Waals surface area contributed by atoms with E-state index < -0.39 is 106 Å². The van der Waals surface area contributed by atoms with Gasteiger partial charge in [-0.15, -0.1) is 0 Å². The predicted molar refractivity (Wildman–Crippen MR) is 101 cm³/mol. The Hall–Kier alpha value is -1.48. The second-order valence-corrected chi connectivity index (χ2v) is 10.7. The molecule has 2 aliphatic carbocycles. The summed E-state index contributed by atoms with van der Waals surface area (Å²) in [7, 11) is -9.15. The maximum Gasteiger partial charge on any atom is 0.293 e. The number of carbonyl (C=O) groups excluding carboxylic acids is 2. The molecule has 0 heterocycles. The lowest BCUT2D eigenvalue weighted by molar-refractivity contribution is -0.323. The number of aliphatic carboxylic acids is 1. The summed E-state index contributed by atoms with van der Waals surface area (Å²) in [5.41, 5.74) is 0. The van der Waals surface area contributed by atoms with Crippen LogP contribution in [0.25, 0.3) is 0 Å². The molecule has 4 unspecified atom stereocenters. The molecule has 0 radical (unpaired) electrons. The summed E-state index contributed by atoms with van der Waals surface area (Å²) in [6.07, 6.45) is -13.2. The molecule has 0 aromatic heterocycles. The Kier molecular flexibility index (Phi) is 9.35. The van der Waals surface area contributed by atoms with E-state index in [-0.39, 0.29) is 6.47 Å². The van der Waals surface area contributed by atoms with Gasteiger partial charge in [-0.1, -0.05) is 0 Å². The highest BCUT2D eigenvalue weighted by atomic mass is 32.2. The molecule has 2 rings (SSSR count). The molecular weight excluding hydrogens is 510 g/mol. The lowest BCUT2D eigenvalue weighted by Gasteiger charge is -2.48. The van der Waals surface area contributed by atoms with Crippen LogP contribution in [-0.4, -0.2) is 115 Å². The van der Waals surface area contributed by atoms with Gasteiger partial charge in [-0.05, 0) is 12.8 Å². The summed E-state index contributed by atoms with van der Waals surface area (Å²) < 4.78 is 84.5. The number of hydrogen-bond acceptors (Lipinski definition) is 15. The SMILES string of the molecule is CO[C@@H]1CC(C(=O)[O-])[C@H](O[C@@H]2CC(CS(=O)(=O)[O-])[C@H](OC=O)[C@@H](O)C2NS(=O)(=O)[O-])[C@@H](O)C1O. The van der Waals surface area contributed by atoms with E-state index in [0.29, 0.717) is 0 Å². The molecule has 2 saturated carbocycles. The summed E-state index contributed by atoms with van der Waals surface area (Å²) in [5, 5.41) is 42.9. The van der Waals surface area contributed by atoms with Crippen LogP contribution < -0.4 is 9.83 Å². The van der Waals surface area contributed by atoms with E-state index in [2.05, 4.69) is 4.74 Å². The smallest absolute Gasteiger partial charge is 0.293 e. The average molecular weight is 534 g/mol. The number of carboxylic acids is 1. The van der Waals surface area contributed by atoms with E-state index in [0.717, 1.165) is 7.11 Å². The van der Waals surface area contributed by atoms with Crippen LogP contribution in [0.15, 0.2) is 0 Å². The van der Waals surface area contributed by atoms with E-state index in [1.807, 2.05) is 0 Å². The van der Waals surface area contributed by atoms with Crippen molar-refractivity contribution in [3.63, 3.8) is 0 Å². The van der Waals surface area contributed by atoms with Crippen LogP contribution in [0.4, 0.5) is 0 Å². The van der Waals surface area contributed by atoms with Crippen molar-refractivity contribution in [1.29, 1.82) is 0 Å². The summed E-state index contributed by atoms with van der Waals surface area (Å²) >= 11 is 0. The fourth-order valence-corrected chi connectivity index (χ4v) is 5.91. The molecule has 0 spiro atoms. The molecule has 198 valence electrons. The molecule has 10 atom stereocenters. The Balaban J connectivity index is 2.46. The van der Waals surface area contributed by atoms with Crippen LogP contribution in [0.5, 0.6) is 0 Å². The zero-order valence-corrected chi connectivity index (χ0v) is 19.2. The molecule has 2 aliphatic rings. The van der Waals surface area contributed by atoms with Crippen molar-refractivity contribution in [1.82, 2.24) is 4.72 Å². The Morgan fingerprint density at radius 2 is 1.65 bits per heavy atom. The van der Waals surface area contributed by atoms with Crippen LogP contribution in [-0.2, 0) is 44.2 Å². The van der Waals surface area contributed by atoms with Gasteiger partial charge >= 0.3 is 0 Å². The summed E-state index contributed by atoms with van der Waals surface area (Å²) in [5.74, 6) is -6.05. The summed E-state index contributed by atoms with van der Waals surface area (Å²) in [6.45, 7) is -0.194. The molecule has 0 saturated heterocycles. The van der Waals surface area contributed by atoms with Gasteiger partial charge < -0.3 is 48.5 Å². The van der Waals surface area contributed by atoms with Crippen LogP contribution >= 0.6 is 0 Å². The molecule has 0 bridgehead atoms. The van der Waals surface area contributed by atoms with Crippen molar-refractivity contribution in [2.24, 2.45) is 11.8 Å². The Labute approximate surface area is 194 Å². The monoisotopic (exact) mass is 534 g/mol. The number of nitrogens with one attached hydrogen (secondary N) is 1. The van der Waals surface area contributed by atoms with Gasteiger partial charge in [0.2, 0.25) is 0 Å². The van der Waals surface area contributed by atoms with Crippen LogP contribution in [0, 0.1) is 11.8 Å². The first-order chi connectivity index (χ1) is 15.6. The molecule has 2 fully saturated rings. The zero-order chi connectivity index (χ0) is 26.0. The molecule has 16 nitrogen and oxygen atoms in total. The van der Waals surface area contributed by atoms with Gasteiger partial charge in [-0.25, -0.2) is 21.6 Å². The van der Waals surface area contributed by atoms with E-state index in [9.17, 15) is 56.0 Å². The van der Waals surface area contributed by atoms with Crippen molar-refractivity contribution in [3.8, 4) is 0 Å². The third-order valence-electron chi connectivity index (χ3n) is 5.90. The zero-order valence-electron chi connectivity index (χ0n) is 17.5. The first kappa shape index (κ1) is 28.8. The topological polar surface area (TPSA) is 272 Å². The first-order valence-corrected chi connectivity index (χ1v) is 12.8. The molecule has 18 heteroatoms. The molecule has 0 aromatic carbocycles. The van der Waals surface area contributed by atoms with Crippen LogP contribution in [0.2, 0.25) is 0 Å². The van der Waals surface area contributed by atoms with Crippen molar-refractivity contribution < 1.29 is 70.2 Å². The number of aliphatic hydroxyl groups is 3. The van der Waals surface area contributed by atoms with Gasteiger partial charge in [0.05, 0.1) is 34.5 Å². The molecule has 0 aromatic rings. The second-order valence-electron chi connectivity index (χ2n) is 8.06. The van der Waals surface area contributed by atoms with Gasteiger partial charge in [-0.2, -0.15) is 0 Å². The minimum Gasteiger partial charge on any atom is -0.748 e. The fourth-order valence-electron chi connectivity index (χ4n) is 4.43. The molecule has 4 N–H and O–H groups in total. The highest BCUT2D eigenvalue weighted by Gasteiger charge is 2.51. The van der Waals surface area contributed by atoms with Crippen LogP contribution in [0.3, 0.4) is 0 Å². The third kappa shape index (κ3) is 7.03. The average Bonchev–Trinajstić information content (AvgIpc) is 2.69. The number of ether oxygens (including phenoxy) is 3. The van der Waals surface area contributed by atoms with Crippen molar-refractivity contribution in [3.05, 3.63) is 0 Å². The van der Waals surface area contributed by atoms with E-state index in [4.69, 9.17) is 9.47 Å². The van der Waals surface area contributed by atoms with Gasteiger partial charge in [0.15, 0.2) is 10.3 Å². The first-order valence-electron chi connectivity index (χ1n) is 9.78. The second kappa shape index (κ2) is 11.1. The standard InChI is InChI=1S/C16H27NO15S2/c1-30-9-3-7(16(22)23)15(13(21)11(9)19)32-8-2-6(4-33(24,25)26)14(31-5-18)12(20)10(8)17-34(27,28)29/h5-15,17,19-21H,2-4H2,1H3,(H,22,23)(H,24,25,26)(H,27,28,29)/p-3/t6?,7?,8-,9-,10?,11?,12+,13+,14+,15+/m1/s1. The molecule has 0 amide bonds. The number of methoxy groups -OCH3 is 1. The fraction of sp³-hybridized carbons (Fsp3) is 0.875. The minimum absolute atomic E-state index is 0.194. The van der Waals surface area contributed by atoms with Gasteiger partial charge in [0.1, 0.15) is 24.4 Å². The number of carboxylic acid groups (broad SMARTS) is 1. The highest BCUT2D eigenvalue weighted by Crippen LogP contribution is 2.36. The maximum absolute atomic E-state index is 11.7. The minimum atomic E-state index is -5.31. The number of rotatable bonds is 10. The highest BCUT2D eigenvalue weighted by molar-refractivity contribution is 7.85. The summed E-state index contributed by atoms with van der Waals surface area (Å²) in [6, 6.07) is -1.93. The van der Waals surface area contributed by atoms with E-state index in [1.54, 1.807) is 0 Å². The lowest BCUT2D eigenvalue weighted by Crippen LogP contribution is -2.65. The third-order valence-corrected chi connectivity index (χ3v) is 7.30. The summed E-state index contributed by atoms with van der Waals surface area (Å²) in [4.78, 5) is 22.5.